The van der Waals surface area contributed by atoms with E-state index in [1.807, 2.05) is 0 Å². The zero-order chi connectivity index (χ0) is 14.4. The first-order valence-electron chi connectivity index (χ1n) is 6.22. The molecule has 0 saturated heterocycles. The van der Waals surface area contributed by atoms with Gasteiger partial charge in [0.2, 0.25) is 5.91 Å². The maximum Gasteiger partial charge on any atom is 0.333 e. The molecule has 0 aliphatic heterocycles. The highest BCUT2D eigenvalue weighted by Crippen LogP contribution is 2.24. The van der Waals surface area contributed by atoms with Crippen molar-refractivity contribution in [1.29, 1.82) is 0 Å². The topological polar surface area (TPSA) is 92.7 Å². The molecular weight excluding hydrogens is 250 g/mol. The van der Waals surface area contributed by atoms with Crippen LogP contribution in [0.3, 0.4) is 0 Å². The van der Waals surface area contributed by atoms with Crippen LogP contribution in [0.4, 0.5) is 0 Å². The average Bonchev–Trinajstić information content (AvgIpc) is 2.38. The van der Waals surface area contributed by atoms with Crippen LogP contribution >= 0.6 is 0 Å². The molecule has 6 heteroatoms. The highest BCUT2D eigenvalue weighted by atomic mass is 16.5. The van der Waals surface area contributed by atoms with Crippen LogP contribution in [0.25, 0.3) is 0 Å². The molecule has 0 aromatic heterocycles. The van der Waals surface area contributed by atoms with Gasteiger partial charge in [-0.05, 0) is 25.7 Å². The van der Waals surface area contributed by atoms with Crippen LogP contribution in [-0.4, -0.2) is 36.1 Å². The predicted molar refractivity (Wildman–Crippen MR) is 67.3 cm³/mol. The maximum atomic E-state index is 11.7. The molecule has 0 radical (unpaired) electrons. The molecule has 1 fully saturated rings. The van der Waals surface area contributed by atoms with Gasteiger partial charge in [0.05, 0.1) is 19.4 Å². The number of carbonyl (C=O) groups is 3. The van der Waals surface area contributed by atoms with Crippen molar-refractivity contribution < 1.29 is 24.2 Å². The van der Waals surface area contributed by atoms with Gasteiger partial charge in [-0.2, -0.15) is 0 Å². The summed E-state index contributed by atoms with van der Waals surface area (Å²) in [6, 6.07) is -0.0199. The van der Waals surface area contributed by atoms with Gasteiger partial charge >= 0.3 is 11.9 Å². The van der Waals surface area contributed by atoms with Crippen molar-refractivity contribution in [2.24, 2.45) is 5.92 Å². The van der Waals surface area contributed by atoms with E-state index < -0.39 is 11.9 Å². The van der Waals surface area contributed by atoms with Crippen molar-refractivity contribution in [1.82, 2.24) is 5.32 Å². The molecule has 106 valence electrons. The van der Waals surface area contributed by atoms with Crippen molar-refractivity contribution in [2.75, 3.05) is 7.11 Å². The molecule has 19 heavy (non-hydrogen) atoms. The Morgan fingerprint density at radius 2 is 1.84 bits per heavy atom. The number of hydrogen-bond donors (Lipinski definition) is 2. The quantitative estimate of drug-likeness (QED) is 0.570. The van der Waals surface area contributed by atoms with Crippen molar-refractivity contribution in [3.8, 4) is 0 Å². The fourth-order valence-corrected chi connectivity index (χ4v) is 2.17. The Morgan fingerprint density at radius 1 is 1.26 bits per heavy atom. The number of nitrogens with one attached hydrogen (secondary N) is 1. The third kappa shape index (κ3) is 4.73. The van der Waals surface area contributed by atoms with Crippen LogP contribution in [0.5, 0.6) is 0 Å². The molecule has 0 aromatic rings. The van der Waals surface area contributed by atoms with Crippen LogP contribution in [-0.2, 0) is 19.1 Å². The lowest BCUT2D eigenvalue weighted by atomic mass is 9.86. The molecule has 0 bridgehead atoms. The fraction of sp³-hybridized carbons (Fsp3) is 0.615. The summed E-state index contributed by atoms with van der Waals surface area (Å²) in [5, 5.41) is 11.7. The average molecular weight is 269 g/mol. The van der Waals surface area contributed by atoms with E-state index in [1.165, 1.54) is 7.11 Å². The van der Waals surface area contributed by atoms with Crippen LogP contribution in [0.1, 0.15) is 32.1 Å². The highest BCUT2D eigenvalue weighted by Gasteiger charge is 2.26. The first-order chi connectivity index (χ1) is 8.93. The zero-order valence-electron chi connectivity index (χ0n) is 11.0. The lowest BCUT2D eigenvalue weighted by Gasteiger charge is -2.26. The SMILES string of the molecule is C=C(CC(=O)NC1CCC(C(=O)O)CC1)C(=O)OC. The predicted octanol–water partition coefficient (Wildman–Crippen LogP) is 0.865. The second-order valence-corrected chi connectivity index (χ2v) is 4.73. The number of aliphatic carboxylic acids is 1. The Hall–Kier alpha value is -1.85. The van der Waals surface area contributed by atoms with Gasteiger partial charge in [0.15, 0.2) is 0 Å². The highest BCUT2D eigenvalue weighted by molar-refractivity contribution is 5.94. The third-order valence-electron chi connectivity index (χ3n) is 3.29. The standard InChI is InChI=1S/C13H19NO5/c1-8(13(18)19-2)7-11(15)14-10-5-3-9(4-6-10)12(16)17/h9-10H,1,3-7H2,2H3,(H,14,15)(H,16,17). The number of hydrogen-bond acceptors (Lipinski definition) is 4. The molecule has 0 aromatic carbocycles. The number of esters is 1. The Morgan fingerprint density at radius 3 is 2.32 bits per heavy atom. The molecule has 1 amide bonds. The number of amides is 1. The second kappa shape index (κ2) is 6.92. The van der Waals surface area contributed by atoms with Gasteiger partial charge < -0.3 is 15.2 Å². The molecule has 0 unspecified atom stereocenters. The van der Waals surface area contributed by atoms with E-state index in [0.29, 0.717) is 25.7 Å². The first-order valence-corrected chi connectivity index (χ1v) is 6.22. The minimum Gasteiger partial charge on any atom is -0.481 e. The van der Waals surface area contributed by atoms with Crippen molar-refractivity contribution in [3.05, 3.63) is 12.2 Å². The third-order valence-corrected chi connectivity index (χ3v) is 3.29. The van der Waals surface area contributed by atoms with E-state index >= 15 is 0 Å². The van der Waals surface area contributed by atoms with Crippen molar-refractivity contribution in [2.45, 2.75) is 38.1 Å². The van der Waals surface area contributed by atoms with Gasteiger partial charge in [-0.3, -0.25) is 9.59 Å². The van der Waals surface area contributed by atoms with Crippen LogP contribution in [0, 0.1) is 5.92 Å². The summed E-state index contributed by atoms with van der Waals surface area (Å²) in [6.45, 7) is 3.48. The van der Waals surface area contributed by atoms with E-state index in [9.17, 15) is 14.4 Å². The molecule has 1 aliphatic carbocycles. The number of methoxy groups -OCH3 is 1. The Labute approximate surface area is 111 Å². The zero-order valence-corrected chi connectivity index (χ0v) is 11.0. The van der Waals surface area contributed by atoms with E-state index in [2.05, 4.69) is 16.6 Å². The van der Waals surface area contributed by atoms with Gasteiger partial charge in [0.25, 0.3) is 0 Å². The molecule has 1 rings (SSSR count). The van der Waals surface area contributed by atoms with Crippen LogP contribution < -0.4 is 5.32 Å². The summed E-state index contributed by atoms with van der Waals surface area (Å²) in [7, 11) is 1.23. The maximum absolute atomic E-state index is 11.7. The molecule has 1 saturated carbocycles. The normalized spacial score (nSPS) is 22.4. The largest absolute Gasteiger partial charge is 0.481 e. The lowest BCUT2D eigenvalue weighted by Crippen LogP contribution is -2.39. The summed E-state index contributed by atoms with van der Waals surface area (Å²) >= 11 is 0. The number of carbonyl (C=O) groups excluding carboxylic acids is 2. The Kier molecular flexibility index (Phi) is 5.54. The molecule has 0 spiro atoms. The Bertz CT molecular complexity index is 382. The van der Waals surface area contributed by atoms with Gasteiger partial charge in [-0.15, -0.1) is 0 Å². The van der Waals surface area contributed by atoms with Gasteiger partial charge in [-0.1, -0.05) is 6.58 Å². The minimum atomic E-state index is -0.774. The number of ether oxygens (including phenoxy) is 1. The van der Waals surface area contributed by atoms with Crippen LogP contribution in [0.2, 0.25) is 0 Å². The minimum absolute atomic E-state index is 0.0199. The molecule has 1 aliphatic rings. The van der Waals surface area contributed by atoms with Crippen molar-refractivity contribution >= 4 is 17.8 Å². The summed E-state index contributed by atoms with van der Waals surface area (Å²) in [5.41, 5.74) is 0.110. The summed E-state index contributed by atoms with van der Waals surface area (Å²) in [4.78, 5) is 33.5. The van der Waals surface area contributed by atoms with Gasteiger partial charge in [0.1, 0.15) is 0 Å². The van der Waals surface area contributed by atoms with E-state index in [1.54, 1.807) is 0 Å². The van der Waals surface area contributed by atoms with E-state index in [-0.39, 0.29) is 29.9 Å². The molecule has 0 heterocycles. The summed E-state index contributed by atoms with van der Waals surface area (Å²) in [6.07, 6.45) is 2.34. The fourth-order valence-electron chi connectivity index (χ4n) is 2.17. The molecular formula is C13H19NO5. The molecule has 6 nitrogen and oxygen atoms in total. The lowest BCUT2D eigenvalue weighted by molar-refractivity contribution is -0.143. The molecule has 2 N–H and O–H groups in total. The van der Waals surface area contributed by atoms with Crippen LogP contribution in [0.15, 0.2) is 12.2 Å². The summed E-state index contributed by atoms with van der Waals surface area (Å²) < 4.78 is 4.46. The first kappa shape index (κ1) is 15.2. The van der Waals surface area contributed by atoms with E-state index in [4.69, 9.17) is 5.11 Å². The van der Waals surface area contributed by atoms with Gasteiger partial charge in [-0.25, -0.2) is 4.79 Å². The van der Waals surface area contributed by atoms with Crippen molar-refractivity contribution in [3.63, 3.8) is 0 Å². The van der Waals surface area contributed by atoms with E-state index in [0.717, 1.165) is 0 Å². The Balaban J connectivity index is 2.33. The van der Waals surface area contributed by atoms with Gasteiger partial charge in [0, 0.05) is 11.6 Å². The monoisotopic (exact) mass is 269 g/mol. The summed E-state index contributed by atoms with van der Waals surface area (Å²) in [5.74, 6) is -1.96. The molecule has 0 atom stereocenters. The number of rotatable bonds is 5. The smallest absolute Gasteiger partial charge is 0.333 e. The second-order valence-electron chi connectivity index (χ2n) is 4.73. The number of carboxylic acids is 1. The number of carboxylic acid groups (broad SMARTS) is 1.